The molecule has 0 saturated carbocycles. The Hall–Kier alpha value is -1.18. The Morgan fingerprint density at radius 3 is 2.24 bits per heavy atom. The third-order valence-electron chi connectivity index (χ3n) is 5.23. The standard InChI is InChI=1S/C18H34N4O3/c1-16(18(24)22-8-5-3-4-6-9-22)21-12-10-20(11-13-21)15-17(23)19-7-14-25-2/h16H,3-15H2,1-2H3,(H,19,23). The molecule has 0 aliphatic carbocycles. The van der Waals surface area contributed by atoms with E-state index in [2.05, 4.69) is 15.1 Å². The normalized spacial score (nSPS) is 21.6. The van der Waals surface area contributed by atoms with Crippen LogP contribution in [0.4, 0.5) is 0 Å². The van der Waals surface area contributed by atoms with Crippen molar-refractivity contribution in [2.45, 2.75) is 38.6 Å². The van der Waals surface area contributed by atoms with Crippen LogP contribution < -0.4 is 5.32 Å². The summed E-state index contributed by atoms with van der Waals surface area (Å²) in [5, 5.41) is 2.85. The fraction of sp³-hybridized carbons (Fsp3) is 0.889. The minimum Gasteiger partial charge on any atom is -0.383 e. The van der Waals surface area contributed by atoms with Gasteiger partial charge in [-0.15, -0.1) is 0 Å². The van der Waals surface area contributed by atoms with Gasteiger partial charge in [0, 0.05) is 52.9 Å². The fourth-order valence-corrected chi connectivity index (χ4v) is 3.57. The maximum Gasteiger partial charge on any atom is 0.239 e. The van der Waals surface area contributed by atoms with Crippen LogP contribution in [0.5, 0.6) is 0 Å². The second kappa shape index (κ2) is 10.7. The molecule has 7 heteroatoms. The van der Waals surface area contributed by atoms with E-state index >= 15 is 0 Å². The lowest BCUT2D eigenvalue weighted by molar-refractivity contribution is -0.137. The number of carbonyl (C=O) groups excluding carboxylic acids is 2. The van der Waals surface area contributed by atoms with Crippen molar-refractivity contribution in [2.24, 2.45) is 0 Å². The lowest BCUT2D eigenvalue weighted by Gasteiger charge is -2.38. The molecular weight excluding hydrogens is 320 g/mol. The van der Waals surface area contributed by atoms with Gasteiger partial charge < -0.3 is 15.0 Å². The van der Waals surface area contributed by atoms with Crippen LogP contribution in [0, 0.1) is 0 Å². The van der Waals surface area contributed by atoms with E-state index in [0.717, 1.165) is 52.1 Å². The average Bonchev–Trinajstić information content (AvgIpc) is 2.91. The zero-order chi connectivity index (χ0) is 18.1. The first-order chi connectivity index (χ1) is 12.1. The van der Waals surface area contributed by atoms with Crippen LogP contribution in [0.15, 0.2) is 0 Å². The molecule has 0 bridgehead atoms. The van der Waals surface area contributed by atoms with Crippen molar-refractivity contribution in [3.8, 4) is 0 Å². The summed E-state index contributed by atoms with van der Waals surface area (Å²) in [6, 6.07) is -0.0595. The summed E-state index contributed by atoms with van der Waals surface area (Å²) >= 11 is 0. The van der Waals surface area contributed by atoms with E-state index < -0.39 is 0 Å². The van der Waals surface area contributed by atoms with Crippen molar-refractivity contribution in [1.29, 1.82) is 0 Å². The number of likely N-dealkylation sites (tertiary alicyclic amines) is 1. The lowest BCUT2D eigenvalue weighted by atomic mass is 10.2. The summed E-state index contributed by atoms with van der Waals surface area (Å²) in [4.78, 5) is 31.1. The molecule has 2 aliphatic rings. The van der Waals surface area contributed by atoms with Crippen molar-refractivity contribution in [3.05, 3.63) is 0 Å². The van der Waals surface area contributed by atoms with Crippen molar-refractivity contribution in [2.75, 3.05) is 66.1 Å². The molecule has 25 heavy (non-hydrogen) atoms. The van der Waals surface area contributed by atoms with E-state index in [1.54, 1.807) is 7.11 Å². The highest BCUT2D eigenvalue weighted by Crippen LogP contribution is 2.14. The van der Waals surface area contributed by atoms with Crippen molar-refractivity contribution in [3.63, 3.8) is 0 Å². The van der Waals surface area contributed by atoms with Gasteiger partial charge in [0.2, 0.25) is 11.8 Å². The Kier molecular flexibility index (Phi) is 8.64. The number of hydrogen-bond donors (Lipinski definition) is 1. The van der Waals surface area contributed by atoms with E-state index in [9.17, 15) is 9.59 Å². The molecule has 2 saturated heterocycles. The molecule has 0 aromatic heterocycles. The van der Waals surface area contributed by atoms with Gasteiger partial charge in [-0.2, -0.15) is 0 Å². The topological polar surface area (TPSA) is 65.1 Å². The van der Waals surface area contributed by atoms with E-state index in [4.69, 9.17) is 4.74 Å². The number of ether oxygens (including phenoxy) is 1. The number of piperazine rings is 1. The van der Waals surface area contributed by atoms with E-state index in [0.29, 0.717) is 19.7 Å². The highest BCUT2D eigenvalue weighted by Gasteiger charge is 2.29. The maximum absolute atomic E-state index is 12.8. The number of amides is 2. The summed E-state index contributed by atoms with van der Waals surface area (Å²) in [5.41, 5.74) is 0. The summed E-state index contributed by atoms with van der Waals surface area (Å²) in [7, 11) is 1.62. The molecule has 2 rings (SSSR count). The highest BCUT2D eigenvalue weighted by atomic mass is 16.5. The van der Waals surface area contributed by atoms with Gasteiger partial charge in [0.15, 0.2) is 0 Å². The molecule has 2 amide bonds. The first-order valence-electron chi connectivity index (χ1n) is 9.62. The quantitative estimate of drug-likeness (QED) is 0.660. The van der Waals surface area contributed by atoms with Gasteiger partial charge in [0.1, 0.15) is 0 Å². The molecule has 2 fully saturated rings. The molecule has 2 aliphatic heterocycles. The van der Waals surface area contributed by atoms with E-state index in [-0.39, 0.29) is 17.9 Å². The second-order valence-electron chi connectivity index (χ2n) is 7.07. The molecule has 0 aromatic rings. The number of nitrogens with one attached hydrogen (secondary N) is 1. The average molecular weight is 354 g/mol. The predicted molar refractivity (Wildman–Crippen MR) is 97.4 cm³/mol. The van der Waals surface area contributed by atoms with Crippen LogP contribution in [0.3, 0.4) is 0 Å². The maximum atomic E-state index is 12.8. The van der Waals surface area contributed by atoms with Gasteiger partial charge in [-0.3, -0.25) is 19.4 Å². The van der Waals surface area contributed by atoms with Gasteiger partial charge in [0.05, 0.1) is 19.2 Å². The van der Waals surface area contributed by atoms with Crippen molar-refractivity contribution in [1.82, 2.24) is 20.0 Å². The van der Waals surface area contributed by atoms with Gasteiger partial charge in [-0.05, 0) is 19.8 Å². The lowest BCUT2D eigenvalue weighted by Crippen LogP contribution is -2.55. The molecule has 1 N–H and O–H groups in total. The molecule has 0 radical (unpaired) electrons. The minimum atomic E-state index is -0.0595. The fourth-order valence-electron chi connectivity index (χ4n) is 3.57. The number of hydrogen-bond acceptors (Lipinski definition) is 5. The number of methoxy groups -OCH3 is 1. The Morgan fingerprint density at radius 2 is 1.64 bits per heavy atom. The molecule has 144 valence electrons. The van der Waals surface area contributed by atoms with Crippen LogP contribution in [-0.4, -0.2) is 98.6 Å². The smallest absolute Gasteiger partial charge is 0.239 e. The SMILES string of the molecule is COCCNC(=O)CN1CCN(C(C)C(=O)N2CCCCCC2)CC1. The first-order valence-corrected chi connectivity index (χ1v) is 9.62. The first kappa shape index (κ1) is 20.1. The third kappa shape index (κ3) is 6.56. The zero-order valence-corrected chi connectivity index (χ0v) is 15.8. The molecule has 0 spiro atoms. The van der Waals surface area contributed by atoms with Crippen LogP contribution in [0.25, 0.3) is 0 Å². The summed E-state index contributed by atoms with van der Waals surface area (Å²) < 4.78 is 4.93. The largest absolute Gasteiger partial charge is 0.383 e. The summed E-state index contributed by atoms with van der Waals surface area (Å²) in [6.07, 6.45) is 4.74. The van der Waals surface area contributed by atoms with Crippen molar-refractivity contribution < 1.29 is 14.3 Å². The molecule has 0 aromatic carbocycles. The van der Waals surface area contributed by atoms with Gasteiger partial charge >= 0.3 is 0 Å². The molecule has 1 atom stereocenters. The Bertz CT molecular complexity index is 417. The van der Waals surface area contributed by atoms with Crippen LogP contribution in [0.1, 0.15) is 32.6 Å². The highest BCUT2D eigenvalue weighted by molar-refractivity contribution is 5.81. The van der Waals surface area contributed by atoms with Crippen LogP contribution in [-0.2, 0) is 14.3 Å². The Balaban J connectivity index is 1.71. The van der Waals surface area contributed by atoms with Gasteiger partial charge in [-0.1, -0.05) is 12.8 Å². The third-order valence-corrected chi connectivity index (χ3v) is 5.23. The molecule has 7 nitrogen and oxygen atoms in total. The number of nitrogens with zero attached hydrogens (tertiary/aromatic N) is 3. The summed E-state index contributed by atoms with van der Waals surface area (Å²) in [5.74, 6) is 0.312. The zero-order valence-electron chi connectivity index (χ0n) is 15.8. The molecule has 2 heterocycles. The van der Waals surface area contributed by atoms with Crippen LogP contribution in [0.2, 0.25) is 0 Å². The van der Waals surface area contributed by atoms with Gasteiger partial charge in [0.25, 0.3) is 0 Å². The monoisotopic (exact) mass is 354 g/mol. The molecular formula is C18H34N4O3. The van der Waals surface area contributed by atoms with Crippen LogP contribution >= 0.6 is 0 Å². The molecule has 1 unspecified atom stereocenters. The Morgan fingerprint density at radius 1 is 1.00 bits per heavy atom. The second-order valence-corrected chi connectivity index (χ2v) is 7.07. The number of carbonyl (C=O) groups is 2. The van der Waals surface area contributed by atoms with Gasteiger partial charge in [-0.25, -0.2) is 0 Å². The van der Waals surface area contributed by atoms with Crippen molar-refractivity contribution >= 4 is 11.8 Å². The Labute approximate surface area is 151 Å². The van der Waals surface area contributed by atoms with E-state index in [1.807, 2.05) is 11.8 Å². The number of rotatable bonds is 7. The summed E-state index contributed by atoms with van der Waals surface area (Å²) in [6.45, 7) is 8.69. The predicted octanol–water partition coefficient (Wildman–Crippen LogP) is 0.158. The van der Waals surface area contributed by atoms with E-state index in [1.165, 1.54) is 12.8 Å². The minimum absolute atomic E-state index is 0.0409.